The van der Waals surface area contributed by atoms with Crippen LogP contribution in [0.2, 0.25) is 0 Å². The minimum Gasteiger partial charge on any atom is -0.496 e. The molecule has 0 heterocycles. The van der Waals surface area contributed by atoms with Crippen LogP contribution in [-0.2, 0) is 0 Å². The summed E-state index contributed by atoms with van der Waals surface area (Å²) in [6.07, 6.45) is -0.904. The van der Waals surface area contributed by atoms with Gasteiger partial charge in [-0.05, 0) is 48.4 Å². The van der Waals surface area contributed by atoms with Gasteiger partial charge in [0.15, 0.2) is 0 Å². The summed E-state index contributed by atoms with van der Waals surface area (Å²) in [5.41, 5.74) is 2.06. The molecule has 6 heteroatoms. The van der Waals surface area contributed by atoms with Gasteiger partial charge in [-0.3, -0.25) is 0 Å². The first-order valence-electron chi connectivity index (χ1n) is 7.12. The summed E-state index contributed by atoms with van der Waals surface area (Å²) < 4.78 is 18.0. The van der Waals surface area contributed by atoms with Gasteiger partial charge < -0.3 is 20.5 Å². The van der Waals surface area contributed by atoms with Crippen LogP contribution in [0.5, 0.6) is 5.75 Å². The minimum atomic E-state index is -0.904. The highest BCUT2D eigenvalue weighted by Gasteiger charge is 2.10. The van der Waals surface area contributed by atoms with E-state index >= 15 is 0 Å². The van der Waals surface area contributed by atoms with E-state index in [1.807, 2.05) is 6.92 Å². The molecule has 0 aromatic heterocycles. The Hall–Kier alpha value is -2.60. The first kappa shape index (κ1) is 16.8. The number of urea groups is 1. The first-order chi connectivity index (χ1) is 11.0. The molecule has 2 aromatic carbocycles. The summed E-state index contributed by atoms with van der Waals surface area (Å²) in [4.78, 5) is 11.8. The van der Waals surface area contributed by atoms with Crippen LogP contribution in [0.15, 0.2) is 42.5 Å². The second-order valence-corrected chi connectivity index (χ2v) is 5.09. The Labute approximate surface area is 134 Å². The Morgan fingerprint density at radius 1 is 1.26 bits per heavy atom. The molecule has 0 saturated carbocycles. The lowest BCUT2D eigenvalue weighted by Crippen LogP contribution is -2.32. The average Bonchev–Trinajstić information content (AvgIpc) is 2.53. The highest BCUT2D eigenvalue weighted by molar-refractivity contribution is 5.89. The van der Waals surface area contributed by atoms with Gasteiger partial charge in [-0.25, -0.2) is 9.18 Å². The Kier molecular flexibility index (Phi) is 5.54. The van der Waals surface area contributed by atoms with E-state index in [1.54, 1.807) is 25.3 Å². The molecule has 2 rings (SSSR count). The van der Waals surface area contributed by atoms with Crippen LogP contribution in [0, 0.1) is 12.7 Å². The number of aliphatic hydroxyl groups excluding tert-OH is 1. The third-order valence-electron chi connectivity index (χ3n) is 3.36. The molecule has 3 N–H and O–H groups in total. The average molecular weight is 318 g/mol. The number of benzene rings is 2. The van der Waals surface area contributed by atoms with Crippen molar-refractivity contribution < 1.29 is 19.0 Å². The maximum absolute atomic E-state index is 12.8. The molecule has 5 nitrogen and oxygen atoms in total. The summed E-state index contributed by atoms with van der Waals surface area (Å²) >= 11 is 0. The third-order valence-corrected chi connectivity index (χ3v) is 3.36. The summed E-state index contributed by atoms with van der Waals surface area (Å²) in [7, 11) is 1.58. The number of halogens is 1. The van der Waals surface area contributed by atoms with Crippen LogP contribution in [0.1, 0.15) is 17.2 Å². The van der Waals surface area contributed by atoms with E-state index < -0.39 is 12.1 Å². The maximum Gasteiger partial charge on any atom is 0.319 e. The van der Waals surface area contributed by atoms with Crippen molar-refractivity contribution in [1.29, 1.82) is 0 Å². The van der Waals surface area contributed by atoms with Gasteiger partial charge in [0.2, 0.25) is 0 Å². The number of amides is 2. The molecule has 0 spiro atoms. The number of aliphatic hydroxyl groups is 1. The van der Waals surface area contributed by atoms with E-state index in [2.05, 4.69) is 10.6 Å². The molecular weight excluding hydrogens is 299 g/mol. The van der Waals surface area contributed by atoms with Gasteiger partial charge in [0, 0.05) is 12.2 Å². The Balaban J connectivity index is 1.87. The molecule has 122 valence electrons. The van der Waals surface area contributed by atoms with Crippen molar-refractivity contribution in [2.75, 3.05) is 19.0 Å². The molecule has 2 amide bonds. The Bertz CT molecular complexity index is 674. The molecule has 0 bridgehead atoms. The molecule has 0 aliphatic carbocycles. The van der Waals surface area contributed by atoms with E-state index in [4.69, 9.17) is 4.74 Å². The molecule has 23 heavy (non-hydrogen) atoms. The topological polar surface area (TPSA) is 70.6 Å². The summed E-state index contributed by atoms with van der Waals surface area (Å²) in [5, 5.41) is 15.2. The zero-order chi connectivity index (χ0) is 16.8. The van der Waals surface area contributed by atoms with Crippen molar-refractivity contribution in [3.63, 3.8) is 0 Å². The maximum atomic E-state index is 12.8. The lowest BCUT2D eigenvalue weighted by Gasteiger charge is -2.13. The zero-order valence-electron chi connectivity index (χ0n) is 13.0. The number of carbonyl (C=O) groups excluding carboxylic acids is 1. The Morgan fingerprint density at radius 3 is 2.57 bits per heavy atom. The molecule has 1 atom stereocenters. The second-order valence-electron chi connectivity index (χ2n) is 5.09. The van der Waals surface area contributed by atoms with E-state index in [9.17, 15) is 14.3 Å². The van der Waals surface area contributed by atoms with Crippen molar-refractivity contribution in [2.24, 2.45) is 0 Å². The van der Waals surface area contributed by atoms with Gasteiger partial charge in [0.25, 0.3) is 0 Å². The monoisotopic (exact) mass is 318 g/mol. The van der Waals surface area contributed by atoms with E-state index in [1.165, 1.54) is 24.3 Å². The Morgan fingerprint density at radius 2 is 1.96 bits per heavy atom. The highest BCUT2D eigenvalue weighted by Crippen LogP contribution is 2.21. The fourth-order valence-electron chi connectivity index (χ4n) is 2.12. The van der Waals surface area contributed by atoms with Crippen LogP contribution >= 0.6 is 0 Å². The lowest BCUT2D eigenvalue weighted by atomic mass is 10.1. The standard InChI is InChI=1S/C17H19FN2O3/c1-11-9-14(7-8-16(11)23-2)20-17(22)19-10-15(21)12-3-5-13(18)6-4-12/h3-9,15,21H,10H2,1-2H3,(H2,19,20,22). The normalized spacial score (nSPS) is 11.7. The van der Waals surface area contributed by atoms with Gasteiger partial charge in [0.05, 0.1) is 13.2 Å². The zero-order valence-corrected chi connectivity index (χ0v) is 13.0. The number of methoxy groups -OCH3 is 1. The molecule has 0 saturated heterocycles. The van der Waals surface area contributed by atoms with E-state index in [0.29, 0.717) is 11.3 Å². The molecular formula is C17H19FN2O3. The van der Waals surface area contributed by atoms with Crippen LogP contribution in [0.25, 0.3) is 0 Å². The summed E-state index contributed by atoms with van der Waals surface area (Å²) in [5.74, 6) is 0.365. The predicted octanol–water partition coefficient (Wildman–Crippen LogP) is 3.00. The fourth-order valence-corrected chi connectivity index (χ4v) is 2.12. The molecule has 2 aromatic rings. The fraction of sp³-hybridized carbons (Fsp3) is 0.235. The molecule has 0 radical (unpaired) electrons. The van der Waals surface area contributed by atoms with Gasteiger partial charge >= 0.3 is 6.03 Å². The van der Waals surface area contributed by atoms with Crippen molar-refractivity contribution in [2.45, 2.75) is 13.0 Å². The molecule has 0 fully saturated rings. The van der Waals surface area contributed by atoms with Crippen molar-refractivity contribution in [3.05, 3.63) is 59.4 Å². The summed E-state index contributed by atoms with van der Waals surface area (Å²) in [6.45, 7) is 1.90. The first-order valence-corrected chi connectivity index (χ1v) is 7.12. The van der Waals surface area contributed by atoms with Crippen LogP contribution in [0.3, 0.4) is 0 Å². The third kappa shape index (κ3) is 4.69. The van der Waals surface area contributed by atoms with Crippen LogP contribution in [-0.4, -0.2) is 24.8 Å². The number of anilines is 1. The predicted molar refractivity (Wildman–Crippen MR) is 86.1 cm³/mol. The quantitative estimate of drug-likeness (QED) is 0.793. The largest absolute Gasteiger partial charge is 0.496 e. The van der Waals surface area contributed by atoms with Gasteiger partial charge in [-0.1, -0.05) is 12.1 Å². The second kappa shape index (κ2) is 7.60. The van der Waals surface area contributed by atoms with Gasteiger partial charge in [-0.2, -0.15) is 0 Å². The van der Waals surface area contributed by atoms with Crippen molar-refractivity contribution >= 4 is 11.7 Å². The van der Waals surface area contributed by atoms with E-state index in [0.717, 1.165) is 11.3 Å². The molecule has 1 unspecified atom stereocenters. The summed E-state index contributed by atoms with van der Waals surface area (Å²) in [6, 6.07) is 10.3. The number of nitrogens with one attached hydrogen (secondary N) is 2. The SMILES string of the molecule is COc1ccc(NC(=O)NCC(O)c2ccc(F)cc2)cc1C. The number of rotatable bonds is 5. The lowest BCUT2D eigenvalue weighted by molar-refractivity contribution is 0.175. The van der Waals surface area contributed by atoms with Gasteiger partial charge in [-0.15, -0.1) is 0 Å². The highest BCUT2D eigenvalue weighted by atomic mass is 19.1. The van der Waals surface area contributed by atoms with Crippen LogP contribution < -0.4 is 15.4 Å². The number of carbonyl (C=O) groups is 1. The minimum absolute atomic E-state index is 0.0204. The smallest absolute Gasteiger partial charge is 0.319 e. The van der Waals surface area contributed by atoms with Crippen molar-refractivity contribution in [3.8, 4) is 5.75 Å². The molecule has 0 aliphatic rings. The number of hydrogen-bond donors (Lipinski definition) is 3. The number of ether oxygens (including phenoxy) is 1. The van der Waals surface area contributed by atoms with Crippen LogP contribution in [0.4, 0.5) is 14.9 Å². The van der Waals surface area contributed by atoms with E-state index in [-0.39, 0.29) is 12.4 Å². The molecule has 0 aliphatic heterocycles. The van der Waals surface area contributed by atoms with Gasteiger partial charge in [0.1, 0.15) is 11.6 Å². The van der Waals surface area contributed by atoms with Crippen molar-refractivity contribution in [1.82, 2.24) is 5.32 Å². The number of aryl methyl sites for hydroxylation is 1. The number of hydrogen-bond acceptors (Lipinski definition) is 3.